The van der Waals surface area contributed by atoms with Gasteiger partial charge in [0.25, 0.3) is 11.8 Å². The molecule has 0 spiro atoms. The van der Waals surface area contributed by atoms with E-state index in [4.69, 9.17) is 11.6 Å². The molecule has 1 aromatic carbocycles. The Kier molecular flexibility index (Phi) is 5.54. The molecule has 152 valence electrons. The van der Waals surface area contributed by atoms with Crippen molar-refractivity contribution in [3.05, 3.63) is 64.7 Å². The Balaban J connectivity index is 1.29. The number of fused-ring (bicyclic) bond motifs is 1. The molecule has 2 saturated carbocycles. The number of pyridine rings is 1. The quantitative estimate of drug-likeness (QED) is 0.753. The Bertz CT molecular complexity index is 891. The highest BCUT2D eigenvalue weighted by molar-refractivity contribution is 6.30. The van der Waals surface area contributed by atoms with E-state index in [1.165, 1.54) is 12.1 Å². The second-order valence-electron chi connectivity index (χ2n) is 7.90. The van der Waals surface area contributed by atoms with E-state index in [-0.39, 0.29) is 29.6 Å². The Labute approximate surface area is 174 Å². The number of halogens is 2. The summed E-state index contributed by atoms with van der Waals surface area (Å²) in [4.78, 5) is 28.6. The van der Waals surface area contributed by atoms with Gasteiger partial charge in [0.1, 0.15) is 11.5 Å². The van der Waals surface area contributed by atoms with Crippen LogP contribution in [-0.2, 0) is 0 Å². The first-order valence-electron chi connectivity index (χ1n) is 9.95. The van der Waals surface area contributed by atoms with Gasteiger partial charge in [-0.05, 0) is 73.4 Å². The average Bonchev–Trinajstić information content (AvgIpc) is 3.20. The predicted octanol–water partition coefficient (Wildman–Crippen LogP) is 3.84. The summed E-state index contributed by atoms with van der Waals surface area (Å²) in [5, 5.41) is 6.77. The molecule has 0 aliphatic heterocycles. The highest BCUT2D eigenvalue weighted by Crippen LogP contribution is 2.59. The molecule has 5 nitrogen and oxygen atoms in total. The van der Waals surface area contributed by atoms with E-state index >= 15 is 0 Å². The molecule has 29 heavy (non-hydrogen) atoms. The van der Waals surface area contributed by atoms with Gasteiger partial charge in [0.15, 0.2) is 0 Å². The van der Waals surface area contributed by atoms with E-state index in [0.29, 0.717) is 28.3 Å². The van der Waals surface area contributed by atoms with Gasteiger partial charge in [-0.15, -0.1) is 0 Å². The largest absolute Gasteiger partial charge is 0.349 e. The van der Waals surface area contributed by atoms with Crippen molar-refractivity contribution in [3.63, 3.8) is 0 Å². The van der Waals surface area contributed by atoms with Gasteiger partial charge < -0.3 is 10.6 Å². The van der Waals surface area contributed by atoms with Crippen molar-refractivity contribution < 1.29 is 14.0 Å². The number of nitrogens with zero attached hydrogens (tertiary/aromatic N) is 1. The Morgan fingerprint density at radius 3 is 2.41 bits per heavy atom. The molecule has 5 atom stereocenters. The number of carbonyl (C=O) groups excluding carboxylic acids is 2. The fraction of sp³-hybridized carbons (Fsp3) is 0.409. The molecule has 2 fully saturated rings. The standard InChI is InChI=1S/C22H23ClFN3O2/c1-2-18(27-21(28)12-3-5-13(23)6-4-12)20-16-9-15(10-17(16)20)26-22(29)19-8-7-14(24)11-25-19/h3-8,11,15-18,20H,2,9-10H2,1H3,(H,26,29)(H,27,28)/t15-,16-,17+,18?,20+. The van der Waals surface area contributed by atoms with E-state index in [1.54, 1.807) is 24.3 Å². The molecule has 7 heteroatoms. The van der Waals surface area contributed by atoms with Gasteiger partial charge in [-0.2, -0.15) is 0 Å². The van der Waals surface area contributed by atoms with Gasteiger partial charge in [0.05, 0.1) is 6.20 Å². The molecular weight excluding hydrogens is 393 g/mol. The van der Waals surface area contributed by atoms with Crippen molar-refractivity contribution >= 4 is 23.4 Å². The molecule has 0 radical (unpaired) electrons. The van der Waals surface area contributed by atoms with Crippen LogP contribution in [0.5, 0.6) is 0 Å². The van der Waals surface area contributed by atoms with Crippen LogP contribution in [0.3, 0.4) is 0 Å². The molecule has 0 saturated heterocycles. The van der Waals surface area contributed by atoms with Crippen molar-refractivity contribution in [2.45, 2.75) is 38.3 Å². The summed E-state index contributed by atoms with van der Waals surface area (Å²) in [5.74, 6) is 0.668. The third-order valence-electron chi connectivity index (χ3n) is 6.13. The number of rotatable bonds is 6. The van der Waals surface area contributed by atoms with Crippen molar-refractivity contribution in [3.8, 4) is 0 Å². The molecule has 1 heterocycles. The first kappa shape index (κ1) is 19.8. The third-order valence-corrected chi connectivity index (χ3v) is 6.39. The van der Waals surface area contributed by atoms with Crippen molar-refractivity contribution in [1.29, 1.82) is 0 Å². The topological polar surface area (TPSA) is 71.1 Å². The van der Waals surface area contributed by atoms with Crippen molar-refractivity contribution in [2.75, 3.05) is 0 Å². The molecule has 2 aliphatic rings. The van der Waals surface area contributed by atoms with E-state index in [9.17, 15) is 14.0 Å². The molecule has 4 rings (SSSR count). The fourth-order valence-electron chi connectivity index (χ4n) is 4.70. The van der Waals surface area contributed by atoms with E-state index in [2.05, 4.69) is 22.5 Å². The average molecular weight is 416 g/mol. The summed E-state index contributed by atoms with van der Waals surface area (Å²) in [6.45, 7) is 2.08. The summed E-state index contributed by atoms with van der Waals surface area (Å²) < 4.78 is 13.0. The summed E-state index contributed by atoms with van der Waals surface area (Å²) in [6.07, 6.45) is 3.71. The summed E-state index contributed by atoms with van der Waals surface area (Å²) in [7, 11) is 0. The minimum atomic E-state index is -0.460. The molecule has 1 unspecified atom stereocenters. The van der Waals surface area contributed by atoms with Gasteiger partial charge >= 0.3 is 0 Å². The first-order chi connectivity index (χ1) is 14.0. The molecular formula is C22H23ClFN3O2. The number of carbonyl (C=O) groups is 2. The Morgan fingerprint density at radius 2 is 1.83 bits per heavy atom. The molecule has 1 aromatic heterocycles. The Hall–Kier alpha value is -2.47. The van der Waals surface area contributed by atoms with Crippen LogP contribution in [0, 0.1) is 23.6 Å². The maximum absolute atomic E-state index is 13.0. The van der Waals surface area contributed by atoms with Crippen molar-refractivity contribution in [1.82, 2.24) is 15.6 Å². The molecule has 0 bridgehead atoms. The zero-order valence-corrected chi connectivity index (χ0v) is 16.8. The lowest BCUT2D eigenvalue weighted by Gasteiger charge is -2.22. The van der Waals surface area contributed by atoms with E-state index in [1.807, 2.05) is 0 Å². The minimum absolute atomic E-state index is 0.0780. The summed E-state index contributed by atoms with van der Waals surface area (Å²) in [5.41, 5.74) is 0.834. The maximum atomic E-state index is 13.0. The van der Waals surface area contributed by atoms with E-state index < -0.39 is 5.82 Å². The third kappa shape index (κ3) is 4.27. The summed E-state index contributed by atoms with van der Waals surface area (Å²) in [6, 6.07) is 9.75. The number of aromatic nitrogens is 1. The van der Waals surface area contributed by atoms with Crippen LogP contribution in [0.2, 0.25) is 5.02 Å². The zero-order chi connectivity index (χ0) is 20.5. The molecule has 2 N–H and O–H groups in total. The summed E-state index contributed by atoms with van der Waals surface area (Å²) >= 11 is 5.89. The lowest BCUT2D eigenvalue weighted by molar-refractivity contribution is 0.0926. The SMILES string of the molecule is CCC(NC(=O)c1ccc(Cl)cc1)[C@H]1[C@@H]2C[C@@H](NC(=O)c3ccc(F)cn3)C[C@@H]21. The zero-order valence-electron chi connectivity index (χ0n) is 16.1. The van der Waals surface area contributed by atoms with Crippen molar-refractivity contribution in [2.24, 2.45) is 17.8 Å². The number of nitrogens with one attached hydrogen (secondary N) is 2. The second-order valence-corrected chi connectivity index (χ2v) is 8.34. The maximum Gasteiger partial charge on any atom is 0.270 e. The first-order valence-corrected chi connectivity index (χ1v) is 10.3. The van der Waals surface area contributed by atoms with Crippen LogP contribution in [0.15, 0.2) is 42.6 Å². The van der Waals surface area contributed by atoms with Crippen LogP contribution in [0.4, 0.5) is 4.39 Å². The normalized spacial score (nSPS) is 25.8. The van der Waals surface area contributed by atoms with Gasteiger partial charge in [0, 0.05) is 22.7 Å². The van der Waals surface area contributed by atoms with E-state index in [0.717, 1.165) is 25.5 Å². The lowest BCUT2D eigenvalue weighted by atomic mass is 9.99. The molecule has 2 aliphatic carbocycles. The Morgan fingerprint density at radius 1 is 1.14 bits per heavy atom. The van der Waals surface area contributed by atoms with Crippen LogP contribution in [-0.4, -0.2) is 28.9 Å². The van der Waals surface area contributed by atoms with Gasteiger partial charge in [-0.1, -0.05) is 18.5 Å². The predicted molar refractivity (Wildman–Crippen MR) is 108 cm³/mol. The monoisotopic (exact) mass is 415 g/mol. The smallest absolute Gasteiger partial charge is 0.270 e. The van der Waals surface area contributed by atoms with Crippen LogP contribution in [0.25, 0.3) is 0 Å². The van der Waals surface area contributed by atoms with Gasteiger partial charge in [0.2, 0.25) is 0 Å². The van der Waals surface area contributed by atoms with Crippen LogP contribution < -0.4 is 10.6 Å². The van der Waals surface area contributed by atoms with Gasteiger partial charge in [-0.25, -0.2) is 9.37 Å². The lowest BCUT2D eigenvalue weighted by Crippen LogP contribution is -2.39. The van der Waals surface area contributed by atoms with Gasteiger partial charge in [-0.3, -0.25) is 9.59 Å². The number of hydrogen-bond acceptors (Lipinski definition) is 3. The number of amides is 2. The number of hydrogen-bond donors (Lipinski definition) is 2. The molecule has 2 amide bonds. The highest BCUT2D eigenvalue weighted by Gasteiger charge is 2.58. The minimum Gasteiger partial charge on any atom is -0.349 e. The second kappa shape index (κ2) is 8.11. The highest BCUT2D eigenvalue weighted by atomic mass is 35.5. The number of benzene rings is 1. The molecule has 2 aromatic rings. The van der Waals surface area contributed by atoms with Crippen LogP contribution >= 0.6 is 11.6 Å². The fourth-order valence-corrected chi connectivity index (χ4v) is 4.83. The van der Waals surface area contributed by atoms with Crippen LogP contribution in [0.1, 0.15) is 47.0 Å².